The van der Waals surface area contributed by atoms with Crippen molar-refractivity contribution >= 4 is 17.7 Å². The topological polar surface area (TPSA) is 58.7 Å². The van der Waals surface area contributed by atoms with Crippen molar-refractivity contribution in [3.63, 3.8) is 0 Å². The van der Waals surface area contributed by atoms with Crippen LogP contribution in [-0.4, -0.2) is 31.1 Å². The molecule has 4 rings (SSSR count). The van der Waals surface area contributed by atoms with Crippen LogP contribution in [-0.2, 0) is 4.79 Å². The van der Waals surface area contributed by atoms with Crippen LogP contribution in [0.15, 0.2) is 52.7 Å². The minimum atomic E-state index is -0.302. The summed E-state index contributed by atoms with van der Waals surface area (Å²) in [5, 5.41) is 0. The zero-order valence-corrected chi connectivity index (χ0v) is 12.4. The van der Waals surface area contributed by atoms with Gasteiger partial charge in [-0.3, -0.25) is 9.79 Å². The molecule has 1 unspecified atom stereocenters. The van der Waals surface area contributed by atoms with E-state index in [9.17, 15) is 4.79 Å². The van der Waals surface area contributed by atoms with E-state index in [1.807, 2.05) is 30.5 Å². The molecule has 2 aliphatic carbocycles. The van der Waals surface area contributed by atoms with E-state index in [2.05, 4.69) is 22.0 Å². The Labute approximate surface area is 130 Å². The minimum Gasteiger partial charge on any atom is -0.396 e. The molecule has 0 bridgehead atoms. The predicted molar refractivity (Wildman–Crippen MR) is 88.1 cm³/mol. The van der Waals surface area contributed by atoms with E-state index in [0.29, 0.717) is 18.2 Å². The number of nitrogens with zero attached hydrogens (tertiary/aromatic N) is 2. The smallest absolute Gasteiger partial charge is 0.204 e. The highest BCUT2D eigenvalue weighted by Crippen LogP contribution is 2.39. The lowest BCUT2D eigenvalue weighted by atomic mass is 9.94. The number of Topliss-reactive ketones (excluding diaryl/α,β-unsaturated/α-hetero) is 1. The predicted octanol–water partition coefficient (Wildman–Crippen LogP) is 2.06. The number of benzene rings is 1. The second-order valence-corrected chi connectivity index (χ2v) is 6.14. The Morgan fingerprint density at radius 2 is 2.05 bits per heavy atom. The molecule has 4 nitrogen and oxygen atoms in total. The van der Waals surface area contributed by atoms with E-state index in [1.165, 1.54) is 18.4 Å². The van der Waals surface area contributed by atoms with Crippen LogP contribution in [0.4, 0.5) is 5.69 Å². The average molecular weight is 293 g/mol. The third-order valence-electron chi connectivity index (χ3n) is 4.56. The maximum Gasteiger partial charge on any atom is 0.204 e. The third-order valence-corrected chi connectivity index (χ3v) is 4.56. The quantitative estimate of drug-likeness (QED) is 0.908. The summed E-state index contributed by atoms with van der Waals surface area (Å²) in [6, 6.07) is 7.79. The molecule has 4 heteroatoms. The number of allylic oxidation sites excluding steroid dienone is 2. The van der Waals surface area contributed by atoms with Crippen molar-refractivity contribution in [3.8, 4) is 0 Å². The van der Waals surface area contributed by atoms with Gasteiger partial charge in [0.15, 0.2) is 0 Å². The Morgan fingerprint density at radius 1 is 1.23 bits per heavy atom. The van der Waals surface area contributed by atoms with Gasteiger partial charge in [-0.25, -0.2) is 0 Å². The minimum absolute atomic E-state index is 0.00102. The van der Waals surface area contributed by atoms with Crippen molar-refractivity contribution in [1.29, 1.82) is 0 Å². The summed E-state index contributed by atoms with van der Waals surface area (Å²) in [5.74, 6) is 0.591. The van der Waals surface area contributed by atoms with Gasteiger partial charge in [0.25, 0.3) is 0 Å². The number of benzodiazepines with no additional fused rings is 1. The van der Waals surface area contributed by atoms with E-state index < -0.39 is 0 Å². The monoisotopic (exact) mass is 293 g/mol. The number of ketones is 1. The van der Waals surface area contributed by atoms with E-state index in [1.54, 1.807) is 0 Å². The van der Waals surface area contributed by atoms with Crippen LogP contribution in [0, 0.1) is 5.92 Å². The number of rotatable bonds is 2. The van der Waals surface area contributed by atoms with Gasteiger partial charge in [-0.15, -0.1) is 0 Å². The summed E-state index contributed by atoms with van der Waals surface area (Å²) in [4.78, 5) is 19.2. The summed E-state index contributed by atoms with van der Waals surface area (Å²) in [5.41, 5.74) is 9.73. The Kier molecular flexibility index (Phi) is 3.10. The molecule has 2 N–H and O–H groups in total. The van der Waals surface area contributed by atoms with Gasteiger partial charge in [-0.05, 0) is 36.5 Å². The summed E-state index contributed by atoms with van der Waals surface area (Å²) in [6.07, 6.45) is 8.29. The van der Waals surface area contributed by atoms with Gasteiger partial charge in [0.05, 0.1) is 12.2 Å². The Morgan fingerprint density at radius 3 is 2.86 bits per heavy atom. The number of para-hydroxylation sites is 1. The standard InChI is InChI=1S/C18H19N3O/c19-15-9-14(12-5-6-12)10-17(18(15)22)21-8-7-20-11-13-3-1-2-4-16(13)21/h1-4,9-12,17H,5-8,19H2. The number of nitrogens with two attached hydrogens (primary N) is 1. The zero-order valence-electron chi connectivity index (χ0n) is 12.4. The molecule has 1 fully saturated rings. The fourth-order valence-electron chi connectivity index (χ4n) is 3.23. The molecule has 3 aliphatic rings. The molecule has 1 aliphatic heterocycles. The number of carbonyl (C=O) groups excluding carboxylic acids is 1. The van der Waals surface area contributed by atoms with Gasteiger partial charge in [0.1, 0.15) is 6.04 Å². The van der Waals surface area contributed by atoms with Gasteiger partial charge in [0, 0.05) is 24.0 Å². The van der Waals surface area contributed by atoms with Gasteiger partial charge < -0.3 is 10.6 Å². The first-order valence-corrected chi connectivity index (χ1v) is 7.82. The fraction of sp³-hybridized carbons (Fsp3) is 0.333. The Balaban J connectivity index is 1.75. The lowest BCUT2D eigenvalue weighted by molar-refractivity contribution is -0.116. The summed E-state index contributed by atoms with van der Waals surface area (Å²) in [6.45, 7) is 1.42. The molecule has 0 amide bonds. The first-order valence-electron chi connectivity index (χ1n) is 7.82. The summed E-state index contributed by atoms with van der Waals surface area (Å²) >= 11 is 0. The molecule has 22 heavy (non-hydrogen) atoms. The van der Waals surface area contributed by atoms with Crippen LogP contribution >= 0.6 is 0 Å². The third kappa shape index (κ3) is 2.25. The summed E-state index contributed by atoms with van der Waals surface area (Å²) in [7, 11) is 0. The highest BCUT2D eigenvalue weighted by Gasteiger charge is 2.34. The maximum absolute atomic E-state index is 12.6. The first-order chi connectivity index (χ1) is 10.7. The molecule has 1 aromatic rings. The number of carbonyl (C=O) groups is 1. The average Bonchev–Trinajstić information content (AvgIpc) is 3.36. The van der Waals surface area contributed by atoms with Crippen molar-refractivity contribution in [3.05, 3.63) is 53.3 Å². The van der Waals surface area contributed by atoms with Gasteiger partial charge in [0.2, 0.25) is 5.78 Å². The fourth-order valence-corrected chi connectivity index (χ4v) is 3.23. The van der Waals surface area contributed by atoms with E-state index in [-0.39, 0.29) is 11.8 Å². The van der Waals surface area contributed by atoms with Crippen molar-refractivity contribution in [1.82, 2.24) is 0 Å². The van der Waals surface area contributed by atoms with E-state index in [0.717, 1.165) is 17.8 Å². The molecule has 1 aromatic carbocycles. The van der Waals surface area contributed by atoms with Gasteiger partial charge >= 0.3 is 0 Å². The highest BCUT2D eigenvalue weighted by molar-refractivity contribution is 6.04. The number of aliphatic imine (C=N–C) groups is 1. The van der Waals surface area contributed by atoms with Crippen LogP contribution in [0.2, 0.25) is 0 Å². The molecule has 1 heterocycles. The van der Waals surface area contributed by atoms with E-state index >= 15 is 0 Å². The molecular formula is C18H19N3O. The van der Waals surface area contributed by atoms with Crippen molar-refractivity contribution in [2.75, 3.05) is 18.0 Å². The van der Waals surface area contributed by atoms with Crippen LogP contribution in [0.3, 0.4) is 0 Å². The number of anilines is 1. The molecule has 0 spiro atoms. The summed E-state index contributed by atoms with van der Waals surface area (Å²) < 4.78 is 0. The molecule has 1 saturated carbocycles. The normalized spacial score (nSPS) is 24.5. The molecule has 112 valence electrons. The van der Waals surface area contributed by atoms with Gasteiger partial charge in [-0.1, -0.05) is 24.3 Å². The Hall–Kier alpha value is -2.36. The van der Waals surface area contributed by atoms with Crippen LogP contribution < -0.4 is 10.6 Å². The lowest BCUT2D eigenvalue weighted by Gasteiger charge is -2.33. The molecular weight excluding hydrogens is 274 g/mol. The number of hydrogen-bond acceptors (Lipinski definition) is 4. The lowest BCUT2D eigenvalue weighted by Crippen LogP contribution is -2.45. The molecule has 0 radical (unpaired) electrons. The van der Waals surface area contributed by atoms with Gasteiger partial charge in [-0.2, -0.15) is 0 Å². The zero-order chi connectivity index (χ0) is 15.1. The highest BCUT2D eigenvalue weighted by atomic mass is 16.1. The van der Waals surface area contributed by atoms with Crippen molar-refractivity contribution in [2.45, 2.75) is 18.9 Å². The molecule has 0 saturated heterocycles. The van der Waals surface area contributed by atoms with Crippen molar-refractivity contribution in [2.24, 2.45) is 16.6 Å². The van der Waals surface area contributed by atoms with E-state index in [4.69, 9.17) is 5.73 Å². The van der Waals surface area contributed by atoms with Crippen LogP contribution in [0.5, 0.6) is 0 Å². The Bertz CT molecular complexity index is 713. The van der Waals surface area contributed by atoms with Crippen molar-refractivity contribution < 1.29 is 4.79 Å². The van der Waals surface area contributed by atoms with Crippen LogP contribution in [0.1, 0.15) is 18.4 Å². The maximum atomic E-state index is 12.6. The first kappa shape index (κ1) is 13.3. The molecule has 0 aromatic heterocycles. The largest absolute Gasteiger partial charge is 0.396 e. The van der Waals surface area contributed by atoms with Crippen LogP contribution in [0.25, 0.3) is 0 Å². The SMILES string of the molecule is NC1=CC(C2CC2)=CC(N2CCN=Cc3ccccc32)C1=O. The second kappa shape index (κ2) is 5.13. The number of fused-ring (bicyclic) bond motifs is 1. The second-order valence-electron chi connectivity index (χ2n) is 6.14. The number of hydrogen-bond donors (Lipinski definition) is 1. The molecule has 1 atom stereocenters.